The van der Waals surface area contributed by atoms with E-state index in [2.05, 4.69) is 20.8 Å². The monoisotopic (exact) mass is 459 g/mol. The van der Waals surface area contributed by atoms with Crippen LogP contribution in [0.4, 0.5) is 17.4 Å². The second-order valence-electron chi connectivity index (χ2n) is 8.54. The Morgan fingerprint density at radius 1 is 1.03 bits per heavy atom. The lowest BCUT2D eigenvalue weighted by Crippen LogP contribution is -2.24. The zero-order chi connectivity index (χ0) is 24.1. The molecule has 1 heterocycles. The number of carbonyl (C=O) groups excluding carboxylic acids is 1. The normalized spacial score (nSPS) is 18.5. The molecule has 9 heteroatoms. The van der Waals surface area contributed by atoms with Crippen molar-refractivity contribution in [2.45, 2.75) is 38.5 Å². The molecular weight excluding hydrogens is 434 g/mol. The fraction of sp³-hybridized carbons (Fsp3) is 0.320. The second-order valence-corrected chi connectivity index (χ2v) is 8.54. The standard InChI is InChI=1S/C25H25N5O4/c1-15(24(32)33)17-4-6-18(7-5-17)19-8-12-20(13-9-19)27-22(31)23-29-30-25(34-23)28-21-10-2-16(14-26)3-11-21/h2-3,8-13,15,17-18H,4-7H2,1H3,(H,27,31)(H,28,30)(H,32,33)/t15-,17-,18-/m1/s1. The molecule has 34 heavy (non-hydrogen) atoms. The number of rotatable bonds is 7. The highest BCUT2D eigenvalue weighted by Crippen LogP contribution is 2.39. The number of amides is 1. The molecule has 1 atom stereocenters. The van der Waals surface area contributed by atoms with Crippen molar-refractivity contribution >= 4 is 29.3 Å². The molecule has 3 aromatic rings. The quantitative estimate of drug-likeness (QED) is 0.451. The number of hydrogen-bond acceptors (Lipinski definition) is 7. The molecule has 1 aliphatic carbocycles. The summed E-state index contributed by atoms with van der Waals surface area (Å²) in [5.41, 5.74) is 2.98. The van der Waals surface area contributed by atoms with Crippen LogP contribution in [0.5, 0.6) is 0 Å². The van der Waals surface area contributed by atoms with Crippen molar-refractivity contribution in [3.63, 3.8) is 0 Å². The van der Waals surface area contributed by atoms with E-state index in [1.807, 2.05) is 30.3 Å². The highest BCUT2D eigenvalue weighted by molar-refractivity contribution is 6.00. The van der Waals surface area contributed by atoms with E-state index in [-0.39, 0.29) is 23.7 Å². The number of nitrogens with one attached hydrogen (secondary N) is 2. The van der Waals surface area contributed by atoms with Crippen LogP contribution in [-0.2, 0) is 4.79 Å². The smallest absolute Gasteiger partial charge is 0.320 e. The number of carbonyl (C=O) groups is 2. The predicted octanol–water partition coefficient (Wildman–Crippen LogP) is 4.93. The molecular formula is C25H25N5O4. The molecule has 1 amide bonds. The lowest BCUT2D eigenvalue weighted by molar-refractivity contribution is -0.143. The predicted molar refractivity (Wildman–Crippen MR) is 125 cm³/mol. The van der Waals surface area contributed by atoms with E-state index in [4.69, 9.17) is 9.68 Å². The summed E-state index contributed by atoms with van der Waals surface area (Å²) in [6.45, 7) is 1.79. The molecule has 0 bridgehead atoms. The molecule has 0 spiro atoms. The molecule has 174 valence electrons. The van der Waals surface area contributed by atoms with Crippen LogP contribution in [-0.4, -0.2) is 27.2 Å². The first kappa shape index (κ1) is 23.0. The van der Waals surface area contributed by atoms with Crippen LogP contribution in [0.25, 0.3) is 0 Å². The van der Waals surface area contributed by atoms with E-state index in [9.17, 15) is 14.7 Å². The molecule has 1 saturated carbocycles. The third-order valence-corrected chi connectivity index (χ3v) is 6.39. The molecule has 0 saturated heterocycles. The van der Waals surface area contributed by atoms with Gasteiger partial charge in [-0.25, -0.2) is 0 Å². The first-order valence-electron chi connectivity index (χ1n) is 11.2. The van der Waals surface area contributed by atoms with Crippen molar-refractivity contribution < 1.29 is 19.1 Å². The maximum absolute atomic E-state index is 12.5. The van der Waals surface area contributed by atoms with Gasteiger partial charge >= 0.3 is 23.8 Å². The first-order chi connectivity index (χ1) is 16.4. The third kappa shape index (κ3) is 5.41. The van der Waals surface area contributed by atoms with E-state index in [1.54, 1.807) is 31.2 Å². The van der Waals surface area contributed by atoms with Crippen LogP contribution in [0.3, 0.4) is 0 Å². The van der Waals surface area contributed by atoms with Gasteiger partial charge in [0.05, 0.1) is 17.6 Å². The van der Waals surface area contributed by atoms with Crippen LogP contribution in [0.1, 0.15) is 60.3 Å². The molecule has 2 aromatic carbocycles. The molecule has 1 fully saturated rings. The van der Waals surface area contributed by atoms with Crippen molar-refractivity contribution in [1.82, 2.24) is 10.2 Å². The van der Waals surface area contributed by atoms with Crippen LogP contribution in [0.15, 0.2) is 52.9 Å². The van der Waals surface area contributed by atoms with Crippen LogP contribution in [0.2, 0.25) is 0 Å². The average Bonchev–Trinajstić information content (AvgIpc) is 3.33. The van der Waals surface area contributed by atoms with Crippen molar-refractivity contribution in [3.8, 4) is 6.07 Å². The highest BCUT2D eigenvalue weighted by atomic mass is 16.4. The number of aromatic nitrogens is 2. The fourth-order valence-corrected chi connectivity index (χ4v) is 4.29. The van der Waals surface area contributed by atoms with E-state index in [0.29, 0.717) is 22.9 Å². The SMILES string of the molecule is C[C@@H](C(=O)O)[C@H]1CC[C@H](c2ccc(NC(=O)c3nnc(Nc4ccc(C#N)cc4)o3)cc2)CC1. The maximum Gasteiger partial charge on any atom is 0.320 e. The Morgan fingerprint density at radius 2 is 1.68 bits per heavy atom. The van der Waals surface area contributed by atoms with Gasteiger partial charge in [0.15, 0.2) is 0 Å². The van der Waals surface area contributed by atoms with Gasteiger partial charge in [-0.3, -0.25) is 9.59 Å². The average molecular weight is 460 g/mol. The minimum atomic E-state index is -0.720. The minimum Gasteiger partial charge on any atom is -0.481 e. The molecule has 3 N–H and O–H groups in total. The second kappa shape index (κ2) is 10.2. The highest BCUT2D eigenvalue weighted by Gasteiger charge is 2.29. The third-order valence-electron chi connectivity index (χ3n) is 6.39. The molecule has 0 aliphatic heterocycles. The molecule has 9 nitrogen and oxygen atoms in total. The van der Waals surface area contributed by atoms with Crippen LogP contribution >= 0.6 is 0 Å². The summed E-state index contributed by atoms with van der Waals surface area (Å²) in [7, 11) is 0. The topological polar surface area (TPSA) is 141 Å². The number of aliphatic carboxylic acids is 1. The Labute approximate surface area is 196 Å². The van der Waals surface area contributed by atoms with Gasteiger partial charge in [0.25, 0.3) is 0 Å². The molecule has 1 aliphatic rings. The number of carboxylic acids is 1. The van der Waals surface area contributed by atoms with Gasteiger partial charge in [0.2, 0.25) is 0 Å². The molecule has 0 radical (unpaired) electrons. The largest absolute Gasteiger partial charge is 0.481 e. The number of nitrogens with zero attached hydrogens (tertiary/aromatic N) is 3. The van der Waals surface area contributed by atoms with Gasteiger partial charge in [0, 0.05) is 11.4 Å². The maximum atomic E-state index is 12.5. The van der Waals surface area contributed by atoms with E-state index in [0.717, 1.165) is 25.7 Å². The van der Waals surface area contributed by atoms with Crippen molar-refractivity contribution in [3.05, 3.63) is 65.5 Å². The van der Waals surface area contributed by atoms with Gasteiger partial charge in [0.1, 0.15) is 0 Å². The Bertz CT molecular complexity index is 1190. The number of anilines is 3. The van der Waals surface area contributed by atoms with E-state index < -0.39 is 11.9 Å². The number of benzene rings is 2. The Morgan fingerprint density at radius 3 is 2.29 bits per heavy atom. The summed E-state index contributed by atoms with van der Waals surface area (Å²) < 4.78 is 5.39. The Hall–Kier alpha value is -4.19. The number of hydrogen-bond donors (Lipinski definition) is 3. The first-order valence-corrected chi connectivity index (χ1v) is 11.2. The van der Waals surface area contributed by atoms with Gasteiger partial charge in [-0.1, -0.05) is 24.2 Å². The van der Waals surface area contributed by atoms with Gasteiger partial charge in [-0.15, -0.1) is 5.10 Å². The number of carboxylic acid groups (broad SMARTS) is 1. The Kier molecular flexibility index (Phi) is 6.87. The summed E-state index contributed by atoms with van der Waals surface area (Å²) >= 11 is 0. The van der Waals surface area contributed by atoms with Gasteiger partial charge in [-0.05, 0) is 79.5 Å². The lowest BCUT2D eigenvalue weighted by atomic mass is 9.74. The van der Waals surface area contributed by atoms with Gasteiger partial charge in [-0.2, -0.15) is 5.26 Å². The van der Waals surface area contributed by atoms with Crippen molar-refractivity contribution in [2.24, 2.45) is 11.8 Å². The van der Waals surface area contributed by atoms with Crippen LogP contribution < -0.4 is 10.6 Å². The van der Waals surface area contributed by atoms with Crippen molar-refractivity contribution in [1.29, 1.82) is 5.26 Å². The minimum absolute atomic E-state index is 0.0676. The summed E-state index contributed by atoms with van der Waals surface area (Å²) in [5, 5.41) is 31.3. The van der Waals surface area contributed by atoms with Crippen LogP contribution in [0, 0.1) is 23.2 Å². The molecule has 1 aromatic heterocycles. The summed E-state index contributed by atoms with van der Waals surface area (Å²) in [4.78, 5) is 23.7. The summed E-state index contributed by atoms with van der Waals surface area (Å²) in [6.07, 6.45) is 3.75. The summed E-state index contributed by atoms with van der Waals surface area (Å²) in [6, 6.07) is 16.5. The zero-order valence-electron chi connectivity index (χ0n) is 18.7. The fourth-order valence-electron chi connectivity index (χ4n) is 4.29. The van der Waals surface area contributed by atoms with E-state index in [1.165, 1.54) is 5.56 Å². The number of nitriles is 1. The van der Waals surface area contributed by atoms with E-state index >= 15 is 0 Å². The molecule has 4 rings (SSSR count). The lowest BCUT2D eigenvalue weighted by Gasteiger charge is -2.31. The summed E-state index contributed by atoms with van der Waals surface area (Å²) in [5.74, 6) is -1.08. The van der Waals surface area contributed by atoms with Gasteiger partial charge < -0.3 is 20.2 Å². The Balaban J connectivity index is 1.31. The zero-order valence-corrected chi connectivity index (χ0v) is 18.7. The molecule has 0 unspecified atom stereocenters. The van der Waals surface area contributed by atoms with Crippen molar-refractivity contribution in [2.75, 3.05) is 10.6 Å².